The summed E-state index contributed by atoms with van der Waals surface area (Å²) in [6, 6.07) is 3.05. The summed E-state index contributed by atoms with van der Waals surface area (Å²) in [6.45, 7) is 1.26. The molecule has 0 aromatic heterocycles. The zero-order valence-electron chi connectivity index (χ0n) is 9.19. The molecule has 0 saturated heterocycles. The van der Waals surface area contributed by atoms with Gasteiger partial charge in [0, 0.05) is 13.0 Å². The third-order valence-corrected chi connectivity index (χ3v) is 1.82. The fourth-order valence-corrected chi connectivity index (χ4v) is 1.07. The molecule has 1 aromatic rings. The first-order chi connectivity index (χ1) is 8.41. The molecule has 1 aromatic carbocycles. The number of hydrogen-bond donors (Lipinski definition) is 1. The minimum Gasteiger partial charge on any atom is -0.293 e. The van der Waals surface area contributed by atoms with Crippen molar-refractivity contribution in [3.63, 3.8) is 0 Å². The Hall–Kier alpha value is -2.84. The molecule has 0 unspecified atom stereocenters. The Balaban J connectivity index is 3.08. The van der Waals surface area contributed by atoms with Crippen molar-refractivity contribution in [2.75, 3.05) is 5.43 Å². The summed E-state index contributed by atoms with van der Waals surface area (Å²) in [6.07, 6.45) is 0.936. The van der Waals surface area contributed by atoms with Crippen LogP contribution in [0.2, 0.25) is 0 Å². The SMILES string of the molecule is CC(=O)/C=N/Nc1ccc([N+](=O)[O-])cc1[N+](=O)[O-]. The predicted octanol–water partition coefficient (Wildman–Crippen LogP) is 1.49. The van der Waals surface area contributed by atoms with Gasteiger partial charge in [-0.1, -0.05) is 0 Å². The number of hydrazone groups is 1. The maximum atomic E-state index is 10.7. The van der Waals surface area contributed by atoms with Crippen molar-refractivity contribution in [2.24, 2.45) is 5.10 Å². The van der Waals surface area contributed by atoms with Gasteiger partial charge in [-0.25, -0.2) is 0 Å². The zero-order valence-corrected chi connectivity index (χ0v) is 9.19. The number of carbonyl (C=O) groups is 1. The van der Waals surface area contributed by atoms with Crippen LogP contribution in [-0.2, 0) is 4.79 Å². The van der Waals surface area contributed by atoms with E-state index in [-0.39, 0.29) is 11.5 Å². The van der Waals surface area contributed by atoms with E-state index in [2.05, 4.69) is 10.5 Å². The molecule has 0 spiro atoms. The molecule has 1 N–H and O–H groups in total. The molecule has 0 atom stereocenters. The molecule has 0 aliphatic carbocycles. The summed E-state index contributed by atoms with van der Waals surface area (Å²) in [5.74, 6) is -0.341. The van der Waals surface area contributed by atoms with E-state index in [1.54, 1.807) is 0 Å². The quantitative estimate of drug-likeness (QED) is 0.480. The van der Waals surface area contributed by atoms with Crippen LogP contribution in [-0.4, -0.2) is 21.8 Å². The number of ketones is 1. The number of benzene rings is 1. The molecular formula is C9H8N4O5. The van der Waals surface area contributed by atoms with Gasteiger partial charge in [0.05, 0.1) is 22.1 Å². The summed E-state index contributed by atoms with van der Waals surface area (Å²) >= 11 is 0. The van der Waals surface area contributed by atoms with E-state index < -0.39 is 21.2 Å². The number of anilines is 1. The van der Waals surface area contributed by atoms with Crippen LogP contribution in [0.5, 0.6) is 0 Å². The molecule has 18 heavy (non-hydrogen) atoms. The van der Waals surface area contributed by atoms with Crippen molar-refractivity contribution in [2.45, 2.75) is 6.92 Å². The molecule has 0 heterocycles. The predicted molar refractivity (Wildman–Crippen MR) is 62.5 cm³/mol. The van der Waals surface area contributed by atoms with Crippen LogP contribution in [0.4, 0.5) is 17.1 Å². The summed E-state index contributed by atoms with van der Waals surface area (Å²) in [5, 5.41) is 24.7. The monoisotopic (exact) mass is 252 g/mol. The summed E-state index contributed by atoms with van der Waals surface area (Å²) in [5.41, 5.74) is 1.34. The van der Waals surface area contributed by atoms with Gasteiger partial charge < -0.3 is 0 Å². The maximum absolute atomic E-state index is 10.7. The van der Waals surface area contributed by atoms with E-state index in [0.29, 0.717) is 0 Å². The fourth-order valence-electron chi connectivity index (χ4n) is 1.07. The second kappa shape index (κ2) is 5.48. The van der Waals surface area contributed by atoms with Crippen molar-refractivity contribution < 1.29 is 14.6 Å². The summed E-state index contributed by atoms with van der Waals surface area (Å²) in [4.78, 5) is 30.3. The number of hydrogen-bond acceptors (Lipinski definition) is 7. The first-order valence-corrected chi connectivity index (χ1v) is 4.64. The van der Waals surface area contributed by atoms with Crippen molar-refractivity contribution in [3.8, 4) is 0 Å². The van der Waals surface area contributed by atoms with Crippen molar-refractivity contribution in [3.05, 3.63) is 38.4 Å². The van der Waals surface area contributed by atoms with Gasteiger partial charge in [0.15, 0.2) is 5.78 Å². The molecule has 9 nitrogen and oxygen atoms in total. The van der Waals surface area contributed by atoms with Gasteiger partial charge in [-0.2, -0.15) is 5.10 Å². The number of carbonyl (C=O) groups excluding carboxylic acids is 1. The van der Waals surface area contributed by atoms with Gasteiger partial charge >= 0.3 is 5.69 Å². The summed E-state index contributed by atoms with van der Waals surface area (Å²) in [7, 11) is 0. The molecule has 0 fully saturated rings. The van der Waals surface area contributed by atoms with Crippen LogP contribution in [0.1, 0.15) is 6.92 Å². The van der Waals surface area contributed by atoms with Crippen molar-refractivity contribution in [1.29, 1.82) is 0 Å². The van der Waals surface area contributed by atoms with E-state index >= 15 is 0 Å². The van der Waals surface area contributed by atoms with Crippen molar-refractivity contribution in [1.82, 2.24) is 0 Å². The van der Waals surface area contributed by atoms with Gasteiger partial charge in [-0.05, 0) is 6.07 Å². The zero-order chi connectivity index (χ0) is 13.7. The number of nitrogens with one attached hydrogen (secondary N) is 1. The van der Waals surface area contributed by atoms with Gasteiger partial charge in [0.25, 0.3) is 5.69 Å². The number of nitro benzene ring substituents is 2. The molecule has 0 aliphatic rings. The smallest absolute Gasteiger partial charge is 0.293 e. The lowest BCUT2D eigenvalue weighted by Crippen LogP contribution is -2.00. The highest BCUT2D eigenvalue weighted by Gasteiger charge is 2.18. The van der Waals surface area contributed by atoms with Crippen LogP contribution in [0.3, 0.4) is 0 Å². The fraction of sp³-hybridized carbons (Fsp3) is 0.111. The second-order valence-corrected chi connectivity index (χ2v) is 3.20. The van der Waals surface area contributed by atoms with E-state index in [0.717, 1.165) is 24.4 Å². The van der Waals surface area contributed by atoms with Gasteiger partial charge in [-0.3, -0.25) is 30.4 Å². The molecular weight excluding hydrogens is 244 g/mol. The number of nitrogens with zero attached hydrogens (tertiary/aromatic N) is 3. The summed E-state index contributed by atoms with van der Waals surface area (Å²) < 4.78 is 0. The van der Waals surface area contributed by atoms with Gasteiger partial charge in [0.1, 0.15) is 5.69 Å². The highest BCUT2D eigenvalue weighted by molar-refractivity contribution is 6.26. The van der Waals surface area contributed by atoms with Gasteiger partial charge in [0.2, 0.25) is 0 Å². The maximum Gasteiger partial charge on any atom is 0.301 e. The Labute approximate surface area is 100 Å². The normalized spacial score (nSPS) is 10.3. The molecule has 0 amide bonds. The number of nitro groups is 2. The van der Waals surface area contributed by atoms with E-state index in [1.165, 1.54) is 6.92 Å². The Morgan fingerprint density at radius 3 is 2.50 bits per heavy atom. The van der Waals surface area contributed by atoms with Gasteiger partial charge in [-0.15, -0.1) is 0 Å². The molecule has 0 bridgehead atoms. The molecule has 9 heteroatoms. The standard InChI is InChI=1S/C9H8N4O5/c1-6(14)5-10-11-8-3-2-7(12(15)16)4-9(8)13(17)18/h2-5,11H,1H3/b10-5+. The highest BCUT2D eigenvalue weighted by atomic mass is 16.6. The van der Waals surface area contributed by atoms with Crippen LogP contribution in [0.25, 0.3) is 0 Å². The highest BCUT2D eigenvalue weighted by Crippen LogP contribution is 2.28. The molecule has 1 rings (SSSR count). The first-order valence-electron chi connectivity index (χ1n) is 4.64. The van der Waals surface area contributed by atoms with Crippen LogP contribution < -0.4 is 5.43 Å². The third kappa shape index (κ3) is 3.33. The Bertz CT molecular complexity index is 540. The molecule has 0 aliphatic heterocycles. The minimum absolute atomic E-state index is 0.0388. The largest absolute Gasteiger partial charge is 0.301 e. The number of Topliss-reactive ketones (excluding diaryl/α,β-unsaturated/α-hetero) is 1. The lowest BCUT2D eigenvalue weighted by atomic mass is 10.2. The van der Waals surface area contributed by atoms with Crippen LogP contribution in [0, 0.1) is 20.2 Å². The topological polar surface area (TPSA) is 128 Å². The first kappa shape index (κ1) is 13.2. The molecule has 94 valence electrons. The minimum atomic E-state index is -0.779. The number of non-ortho nitro benzene ring substituents is 1. The van der Waals surface area contributed by atoms with E-state index in [9.17, 15) is 25.0 Å². The average Bonchev–Trinajstić information content (AvgIpc) is 2.28. The molecule has 0 saturated carbocycles. The Morgan fingerprint density at radius 2 is 2.00 bits per heavy atom. The lowest BCUT2D eigenvalue weighted by Gasteiger charge is -2.01. The number of rotatable bonds is 5. The van der Waals surface area contributed by atoms with Crippen LogP contribution in [0.15, 0.2) is 23.3 Å². The van der Waals surface area contributed by atoms with E-state index in [1.807, 2.05) is 0 Å². The van der Waals surface area contributed by atoms with E-state index in [4.69, 9.17) is 0 Å². The van der Waals surface area contributed by atoms with Crippen LogP contribution >= 0.6 is 0 Å². The van der Waals surface area contributed by atoms with Crippen molar-refractivity contribution >= 4 is 29.1 Å². The second-order valence-electron chi connectivity index (χ2n) is 3.20. The Morgan fingerprint density at radius 1 is 1.33 bits per heavy atom. The lowest BCUT2D eigenvalue weighted by molar-refractivity contribution is -0.393. The average molecular weight is 252 g/mol. The molecule has 0 radical (unpaired) electrons. The Kier molecular flexibility index (Phi) is 4.02. The third-order valence-electron chi connectivity index (χ3n) is 1.82.